The van der Waals surface area contributed by atoms with E-state index in [0.29, 0.717) is 18.8 Å². The second-order valence-electron chi connectivity index (χ2n) is 4.25. The Labute approximate surface area is 115 Å². The third-order valence-electron chi connectivity index (χ3n) is 2.70. The van der Waals surface area contributed by atoms with Crippen molar-refractivity contribution in [1.82, 2.24) is 20.3 Å². The number of nitrogens with two attached hydrogens (primary N) is 1. The Morgan fingerprint density at radius 1 is 1.30 bits per heavy atom. The van der Waals surface area contributed by atoms with Gasteiger partial charge in [-0.15, -0.1) is 5.10 Å². The number of nitrogens with zero attached hydrogens (tertiary/aromatic N) is 3. The first-order valence-electron chi connectivity index (χ1n) is 6.37. The molecule has 0 bridgehead atoms. The van der Waals surface area contributed by atoms with Crippen LogP contribution in [0.3, 0.4) is 0 Å². The summed E-state index contributed by atoms with van der Waals surface area (Å²) in [5, 5.41) is 10.8. The van der Waals surface area contributed by atoms with Crippen LogP contribution in [0.4, 0.5) is 4.39 Å². The number of benzene rings is 1. The highest BCUT2D eigenvalue weighted by Gasteiger charge is 2.10. The molecule has 2 aromatic rings. The number of aromatic nitrogens is 3. The van der Waals surface area contributed by atoms with Gasteiger partial charge in [0.2, 0.25) is 0 Å². The second-order valence-corrected chi connectivity index (χ2v) is 4.25. The van der Waals surface area contributed by atoms with E-state index >= 15 is 0 Å². The van der Waals surface area contributed by atoms with Crippen molar-refractivity contribution in [3.05, 3.63) is 42.0 Å². The first-order chi connectivity index (χ1) is 9.70. The fourth-order valence-corrected chi connectivity index (χ4v) is 1.63. The fraction of sp³-hybridized carbons (Fsp3) is 0.308. The van der Waals surface area contributed by atoms with Gasteiger partial charge < -0.3 is 11.1 Å². The Hall–Kier alpha value is -2.28. The van der Waals surface area contributed by atoms with Gasteiger partial charge in [-0.1, -0.05) is 0 Å². The van der Waals surface area contributed by atoms with Gasteiger partial charge in [-0.3, -0.25) is 4.79 Å². The molecule has 20 heavy (non-hydrogen) atoms. The number of hydrogen-bond acceptors (Lipinski definition) is 4. The van der Waals surface area contributed by atoms with Crippen molar-refractivity contribution < 1.29 is 9.18 Å². The largest absolute Gasteiger partial charge is 0.351 e. The lowest BCUT2D eigenvalue weighted by Gasteiger charge is -2.01. The normalized spacial score (nSPS) is 10.5. The second kappa shape index (κ2) is 6.76. The molecule has 2 rings (SSSR count). The number of nitrogens with one attached hydrogen (secondary N) is 1. The lowest BCUT2D eigenvalue weighted by molar-refractivity contribution is 0.0947. The zero-order valence-corrected chi connectivity index (χ0v) is 10.9. The zero-order valence-electron chi connectivity index (χ0n) is 10.9. The van der Waals surface area contributed by atoms with Gasteiger partial charge in [0.25, 0.3) is 5.91 Å². The molecule has 7 heteroatoms. The summed E-state index contributed by atoms with van der Waals surface area (Å²) in [5.74, 6) is -0.617. The average Bonchev–Trinajstić information content (AvgIpc) is 2.94. The van der Waals surface area contributed by atoms with Gasteiger partial charge in [0.15, 0.2) is 5.69 Å². The highest BCUT2D eigenvalue weighted by Crippen LogP contribution is 2.06. The summed E-state index contributed by atoms with van der Waals surface area (Å²) >= 11 is 0. The van der Waals surface area contributed by atoms with Crippen LogP contribution in [0.15, 0.2) is 30.5 Å². The summed E-state index contributed by atoms with van der Waals surface area (Å²) in [6.45, 7) is 1.16. The molecule has 0 aliphatic carbocycles. The molecule has 0 aliphatic heterocycles. The Bertz CT molecular complexity index is 566. The monoisotopic (exact) mass is 277 g/mol. The highest BCUT2D eigenvalue weighted by molar-refractivity contribution is 5.91. The molecule has 0 unspecified atom stereocenters. The van der Waals surface area contributed by atoms with E-state index in [1.807, 2.05) is 0 Å². The number of carbonyl (C=O) groups excluding carboxylic acids is 1. The van der Waals surface area contributed by atoms with Crippen LogP contribution in [0.1, 0.15) is 23.3 Å². The molecule has 0 radical (unpaired) electrons. The maximum absolute atomic E-state index is 12.8. The Morgan fingerprint density at radius 3 is 2.75 bits per heavy atom. The van der Waals surface area contributed by atoms with Crippen LogP contribution in [-0.2, 0) is 0 Å². The summed E-state index contributed by atoms with van der Waals surface area (Å²) in [6, 6.07) is 5.70. The number of halogens is 1. The summed E-state index contributed by atoms with van der Waals surface area (Å²) in [5.41, 5.74) is 6.19. The third kappa shape index (κ3) is 3.61. The summed E-state index contributed by atoms with van der Waals surface area (Å²) in [4.78, 5) is 13.1. The van der Waals surface area contributed by atoms with Crippen molar-refractivity contribution >= 4 is 5.91 Å². The minimum absolute atomic E-state index is 0.224. The molecule has 3 N–H and O–H groups in total. The number of hydrogen-bond donors (Lipinski definition) is 2. The molecular weight excluding hydrogens is 261 g/mol. The maximum atomic E-state index is 12.8. The predicted octanol–water partition coefficient (Wildman–Crippen LogP) is 0.875. The van der Waals surface area contributed by atoms with Gasteiger partial charge in [0, 0.05) is 6.54 Å². The van der Waals surface area contributed by atoms with Crippen LogP contribution in [0.25, 0.3) is 5.69 Å². The van der Waals surface area contributed by atoms with Crippen molar-refractivity contribution in [2.75, 3.05) is 13.1 Å². The van der Waals surface area contributed by atoms with Crippen molar-refractivity contribution in [3.8, 4) is 5.69 Å². The molecule has 0 saturated carbocycles. The predicted molar refractivity (Wildman–Crippen MR) is 71.9 cm³/mol. The molecule has 1 amide bonds. The molecule has 106 valence electrons. The summed E-state index contributed by atoms with van der Waals surface area (Å²) in [7, 11) is 0. The van der Waals surface area contributed by atoms with Crippen LogP contribution < -0.4 is 11.1 Å². The Kier molecular flexibility index (Phi) is 4.78. The van der Waals surface area contributed by atoms with E-state index in [9.17, 15) is 9.18 Å². The van der Waals surface area contributed by atoms with Gasteiger partial charge in [0.05, 0.1) is 11.9 Å². The van der Waals surface area contributed by atoms with Crippen LogP contribution >= 0.6 is 0 Å². The lowest BCUT2D eigenvalue weighted by Crippen LogP contribution is -2.25. The zero-order chi connectivity index (χ0) is 14.4. The molecule has 0 spiro atoms. The van der Waals surface area contributed by atoms with Gasteiger partial charge in [-0.25, -0.2) is 4.39 Å². The van der Waals surface area contributed by atoms with Crippen molar-refractivity contribution in [2.24, 2.45) is 5.73 Å². The van der Waals surface area contributed by atoms with Crippen molar-refractivity contribution in [2.45, 2.75) is 12.8 Å². The lowest BCUT2D eigenvalue weighted by atomic mass is 10.3. The molecule has 1 aromatic carbocycles. The molecule has 1 aromatic heterocycles. The van der Waals surface area contributed by atoms with E-state index in [1.165, 1.54) is 35.3 Å². The molecule has 6 nitrogen and oxygen atoms in total. The smallest absolute Gasteiger partial charge is 0.273 e. The van der Waals surface area contributed by atoms with Crippen LogP contribution in [-0.4, -0.2) is 34.0 Å². The summed E-state index contributed by atoms with van der Waals surface area (Å²) in [6.07, 6.45) is 3.07. The first kappa shape index (κ1) is 14.1. The molecule has 0 atom stereocenters. The van der Waals surface area contributed by atoms with E-state index in [4.69, 9.17) is 5.73 Å². The summed E-state index contributed by atoms with van der Waals surface area (Å²) < 4.78 is 12.8. The first-order valence-corrected chi connectivity index (χ1v) is 6.37. The fourth-order valence-electron chi connectivity index (χ4n) is 1.63. The van der Waals surface area contributed by atoms with Crippen molar-refractivity contribution in [1.29, 1.82) is 0 Å². The van der Waals surface area contributed by atoms with Gasteiger partial charge in [-0.2, -0.15) is 9.90 Å². The molecule has 1 heterocycles. The Morgan fingerprint density at radius 2 is 2.05 bits per heavy atom. The number of unbranched alkanes of at least 4 members (excludes halogenated alkanes) is 1. The van der Waals surface area contributed by atoms with E-state index in [1.54, 1.807) is 0 Å². The van der Waals surface area contributed by atoms with E-state index < -0.39 is 0 Å². The Balaban J connectivity index is 1.98. The quantitative estimate of drug-likeness (QED) is 0.767. The van der Waals surface area contributed by atoms with E-state index in [0.717, 1.165) is 12.8 Å². The molecule has 0 saturated heterocycles. The van der Waals surface area contributed by atoms with E-state index in [-0.39, 0.29) is 17.4 Å². The average molecular weight is 277 g/mol. The van der Waals surface area contributed by atoms with Crippen LogP contribution in [0.2, 0.25) is 0 Å². The topological polar surface area (TPSA) is 85.8 Å². The molecule has 0 aliphatic rings. The highest BCUT2D eigenvalue weighted by atomic mass is 19.1. The van der Waals surface area contributed by atoms with Gasteiger partial charge in [-0.05, 0) is 43.7 Å². The maximum Gasteiger partial charge on any atom is 0.273 e. The minimum atomic E-state index is -0.334. The van der Waals surface area contributed by atoms with Crippen molar-refractivity contribution in [3.63, 3.8) is 0 Å². The molecular formula is C13H16FN5O. The van der Waals surface area contributed by atoms with Gasteiger partial charge >= 0.3 is 0 Å². The minimum Gasteiger partial charge on any atom is -0.351 e. The number of carbonyl (C=O) groups is 1. The van der Waals surface area contributed by atoms with Gasteiger partial charge in [0.1, 0.15) is 5.82 Å². The van der Waals surface area contributed by atoms with Crippen LogP contribution in [0, 0.1) is 5.82 Å². The molecule has 0 fully saturated rings. The standard InChI is InChI=1S/C13H16FN5O/c14-10-3-5-11(6-4-10)19-17-9-12(18-19)13(20)16-8-2-1-7-15/h3-6,9H,1-2,7-8,15H2,(H,16,20). The SMILES string of the molecule is NCCCCNC(=O)c1cnn(-c2ccc(F)cc2)n1. The number of rotatable bonds is 6. The van der Waals surface area contributed by atoms with Crippen LogP contribution in [0.5, 0.6) is 0 Å². The number of amides is 1. The van der Waals surface area contributed by atoms with E-state index in [2.05, 4.69) is 15.5 Å². The third-order valence-corrected chi connectivity index (χ3v) is 2.70.